The Labute approximate surface area is 197 Å². The zero-order valence-electron chi connectivity index (χ0n) is 20.4. The molecule has 0 aromatic rings. The molecule has 10 nitrogen and oxygen atoms in total. The minimum Gasteiger partial charge on any atom is -0.448 e. The molecule has 11 heteroatoms. The number of nitrogens with zero attached hydrogens (tertiary/aromatic N) is 2. The topological polar surface area (TPSA) is 123 Å². The molecule has 2 rings (SSSR count). The Morgan fingerprint density at radius 3 is 1.81 bits per heavy atom. The van der Waals surface area contributed by atoms with Crippen LogP contribution in [-0.4, -0.2) is 85.2 Å². The molecule has 0 unspecified atom stereocenters. The predicted octanol–water partition coefficient (Wildman–Crippen LogP) is 2.83. The van der Waals surface area contributed by atoms with Gasteiger partial charge in [-0.25, -0.2) is 14.4 Å². The third-order valence-corrected chi connectivity index (χ3v) is 4.90. The highest BCUT2D eigenvalue weighted by atomic mass is 35.5. The number of ether oxygens (including phenoxy) is 3. The Morgan fingerprint density at radius 1 is 1.00 bits per heavy atom. The van der Waals surface area contributed by atoms with Crippen LogP contribution in [0.2, 0.25) is 0 Å². The zero-order chi connectivity index (χ0) is 23.8. The molecular weight excluding hydrogens is 440 g/mol. The van der Waals surface area contributed by atoms with Gasteiger partial charge in [0.25, 0.3) is 0 Å². The molecule has 2 heterocycles. The van der Waals surface area contributed by atoms with E-state index in [1.54, 1.807) is 9.80 Å². The molecule has 0 aromatic heterocycles. The number of nitrogens with one attached hydrogen (secondary N) is 1. The second-order valence-corrected chi connectivity index (χ2v) is 9.53. The van der Waals surface area contributed by atoms with E-state index in [1.165, 1.54) is 0 Å². The van der Waals surface area contributed by atoms with Crippen molar-refractivity contribution in [1.82, 2.24) is 15.1 Å². The number of carbonyl (C=O) groups excluding carboxylic acids is 3. The van der Waals surface area contributed by atoms with Gasteiger partial charge >= 0.3 is 18.3 Å². The van der Waals surface area contributed by atoms with Gasteiger partial charge in [-0.15, -0.1) is 12.4 Å². The number of hydrogen-bond donors (Lipinski definition) is 2. The van der Waals surface area contributed by atoms with Gasteiger partial charge in [0.1, 0.15) is 18.8 Å². The summed E-state index contributed by atoms with van der Waals surface area (Å²) in [4.78, 5) is 37.4. The van der Waals surface area contributed by atoms with Gasteiger partial charge in [-0.2, -0.15) is 0 Å². The van der Waals surface area contributed by atoms with Crippen LogP contribution in [0.3, 0.4) is 0 Å². The van der Waals surface area contributed by atoms with Gasteiger partial charge in [0, 0.05) is 19.1 Å². The molecule has 2 aliphatic rings. The van der Waals surface area contributed by atoms with E-state index in [0.717, 1.165) is 0 Å². The summed E-state index contributed by atoms with van der Waals surface area (Å²) >= 11 is 0. The average Bonchev–Trinajstić information content (AvgIpc) is 3.21. The van der Waals surface area contributed by atoms with Gasteiger partial charge < -0.3 is 35.1 Å². The summed E-state index contributed by atoms with van der Waals surface area (Å²) in [6, 6.07) is -0.101. The molecular formula is C21H41ClN4O6. The van der Waals surface area contributed by atoms with E-state index in [4.69, 9.17) is 19.9 Å². The van der Waals surface area contributed by atoms with Crippen molar-refractivity contribution in [3.63, 3.8) is 0 Å². The number of cyclic esters (lactones) is 2. The van der Waals surface area contributed by atoms with Crippen LogP contribution in [0.5, 0.6) is 0 Å². The molecule has 2 saturated heterocycles. The second kappa shape index (κ2) is 13.6. The van der Waals surface area contributed by atoms with Gasteiger partial charge in [0.15, 0.2) is 0 Å². The Bertz CT molecular complexity index is 612. The third kappa shape index (κ3) is 11.1. The summed E-state index contributed by atoms with van der Waals surface area (Å²) < 4.78 is 14.9. The van der Waals surface area contributed by atoms with E-state index in [2.05, 4.69) is 5.32 Å². The zero-order valence-corrected chi connectivity index (χ0v) is 21.2. The summed E-state index contributed by atoms with van der Waals surface area (Å²) in [5.41, 5.74) is 5.28. The van der Waals surface area contributed by atoms with Gasteiger partial charge in [-0.1, -0.05) is 27.7 Å². The number of rotatable bonds is 7. The van der Waals surface area contributed by atoms with Crippen molar-refractivity contribution < 1.29 is 28.6 Å². The van der Waals surface area contributed by atoms with Crippen LogP contribution >= 0.6 is 12.4 Å². The Kier molecular flexibility index (Phi) is 12.7. The molecule has 3 amide bonds. The molecule has 0 aromatic carbocycles. The first-order valence-corrected chi connectivity index (χ1v) is 10.9. The van der Waals surface area contributed by atoms with Gasteiger partial charge in [-0.05, 0) is 32.6 Å². The normalized spacial score (nSPS) is 17.8. The number of hydrogen-bond acceptors (Lipinski definition) is 7. The van der Waals surface area contributed by atoms with E-state index < -0.39 is 11.7 Å². The van der Waals surface area contributed by atoms with Crippen LogP contribution in [0.4, 0.5) is 14.4 Å². The first-order chi connectivity index (χ1) is 14.3. The van der Waals surface area contributed by atoms with Crippen molar-refractivity contribution in [3.05, 3.63) is 0 Å². The molecule has 0 radical (unpaired) electrons. The lowest BCUT2D eigenvalue weighted by Gasteiger charge is -2.28. The van der Waals surface area contributed by atoms with Crippen molar-refractivity contribution in [1.29, 1.82) is 0 Å². The molecule has 0 saturated carbocycles. The Balaban J connectivity index is 0.000000639. The minimum absolute atomic E-state index is 0. The van der Waals surface area contributed by atoms with Crippen LogP contribution in [0.25, 0.3) is 0 Å². The molecule has 188 valence electrons. The fraction of sp³-hybridized carbons (Fsp3) is 0.857. The van der Waals surface area contributed by atoms with Crippen molar-refractivity contribution in [2.45, 2.75) is 66.2 Å². The lowest BCUT2D eigenvalue weighted by atomic mass is 10.0. The summed E-state index contributed by atoms with van der Waals surface area (Å²) in [6.07, 6.45) is -1.01. The van der Waals surface area contributed by atoms with Crippen LogP contribution in [0.1, 0.15) is 48.5 Å². The molecule has 0 bridgehead atoms. The molecule has 32 heavy (non-hydrogen) atoms. The maximum Gasteiger partial charge on any atom is 0.410 e. The van der Waals surface area contributed by atoms with Crippen LogP contribution in [-0.2, 0) is 14.2 Å². The highest BCUT2D eigenvalue weighted by molar-refractivity contribution is 5.85. The van der Waals surface area contributed by atoms with E-state index in [1.807, 2.05) is 48.5 Å². The fourth-order valence-corrected chi connectivity index (χ4v) is 2.77. The van der Waals surface area contributed by atoms with Crippen molar-refractivity contribution in [3.8, 4) is 0 Å². The van der Waals surface area contributed by atoms with Crippen LogP contribution < -0.4 is 11.1 Å². The number of carbonyl (C=O) groups is 3. The van der Waals surface area contributed by atoms with E-state index >= 15 is 0 Å². The SMILES string of the molecule is CC(C)[C@@H](CN1CCOC1=O)NC(=O)OC(C)(C)C.CC(C)[C@H](N)CN1CCOC1=O.Cl. The van der Waals surface area contributed by atoms with Crippen LogP contribution in [0.15, 0.2) is 0 Å². The fourth-order valence-electron chi connectivity index (χ4n) is 2.77. The maximum absolute atomic E-state index is 11.8. The monoisotopic (exact) mass is 480 g/mol. The van der Waals surface area contributed by atoms with Gasteiger partial charge in [0.2, 0.25) is 0 Å². The first kappa shape index (κ1) is 30.1. The molecule has 0 spiro atoms. The van der Waals surface area contributed by atoms with Crippen molar-refractivity contribution >= 4 is 30.7 Å². The molecule has 2 fully saturated rings. The molecule has 2 atom stereocenters. The molecule has 2 aliphatic heterocycles. The van der Waals surface area contributed by atoms with Gasteiger partial charge in [-0.3, -0.25) is 0 Å². The predicted molar refractivity (Wildman–Crippen MR) is 124 cm³/mol. The second-order valence-electron chi connectivity index (χ2n) is 9.53. The number of amides is 3. The van der Waals surface area contributed by atoms with E-state index in [-0.39, 0.29) is 42.6 Å². The quantitative estimate of drug-likeness (QED) is 0.537. The van der Waals surface area contributed by atoms with Crippen molar-refractivity contribution in [2.24, 2.45) is 17.6 Å². The van der Waals surface area contributed by atoms with E-state index in [9.17, 15) is 14.4 Å². The lowest BCUT2D eigenvalue weighted by Crippen LogP contribution is -2.48. The minimum atomic E-state index is -0.530. The molecule has 3 N–H and O–H groups in total. The largest absolute Gasteiger partial charge is 0.448 e. The number of halogens is 1. The van der Waals surface area contributed by atoms with E-state index in [0.29, 0.717) is 45.3 Å². The number of nitrogens with two attached hydrogens (primary N) is 1. The lowest BCUT2D eigenvalue weighted by molar-refractivity contribution is 0.0478. The molecule has 0 aliphatic carbocycles. The summed E-state index contributed by atoms with van der Waals surface area (Å²) in [5.74, 6) is 0.597. The van der Waals surface area contributed by atoms with Crippen LogP contribution in [0, 0.1) is 11.8 Å². The van der Waals surface area contributed by atoms with Gasteiger partial charge in [0.05, 0.1) is 19.1 Å². The Morgan fingerprint density at radius 2 is 1.47 bits per heavy atom. The average molecular weight is 481 g/mol. The summed E-state index contributed by atoms with van der Waals surface area (Å²) in [6.45, 7) is 16.7. The number of alkyl carbamates (subject to hydrolysis) is 1. The summed E-state index contributed by atoms with van der Waals surface area (Å²) in [5, 5.41) is 2.81. The summed E-state index contributed by atoms with van der Waals surface area (Å²) in [7, 11) is 0. The smallest absolute Gasteiger partial charge is 0.410 e. The standard InChI is InChI=1S/C13H24N2O4.C8H16N2O2.ClH/c1-9(2)10(8-15-6-7-18-12(15)17)14-11(16)19-13(3,4)5;1-6(2)7(9)5-10-3-4-12-8(10)11;/h9-10H,6-8H2,1-5H3,(H,14,16);6-7H,3-5,9H2,1-2H3;1H/t10-;7-;/m11./s1. The highest BCUT2D eigenvalue weighted by Gasteiger charge is 2.28. The maximum atomic E-state index is 11.8. The Hall–Kier alpha value is -1.94. The highest BCUT2D eigenvalue weighted by Crippen LogP contribution is 2.12. The third-order valence-electron chi connectivity index (χ3n) is 4.90. The van der Waals surface area contributed by atoms with Crippen molar-refractivity contribution in [2.75, 3.05) is 39.4 Å². The first-order valence-electron chi connectivity index (χ1n) is 10.9.